The predicted molar refractivity (Wildman–Crippen MR) is 95.2 cm³/mol. The Morgan fingerprint density at radius 1 is 1.23 bits per heavy atom. The Labute approximate surface area is 151 Å². The molecule has 1 atom stereocenters. The summed E-state index contributed by atoms with van der Waals surface area (Å²) in [4.78, 5) is 39.9. The van der Waals surface area contributed by atoms with Gasteiger partial charge in [0.05, 0.1) is 11.1 Å². The molecule has 2 N–H and O–H groups in total. The van der Waals surface area contributed by atoms with Crippen LogP contribution in [0.1, 0.15) is 41.9 Å². The van der Waals surface area contributed by atoms with E-state index in [1.54, 1.807) is 0 Å². The first kappa shape index (κ1) is 17.8. The van der Waals surface area contributed by atoms with Gasteiger partial charge in [-0.25, -0.2) is 4.79 Å². The Morgan fingerprint density at radius 3 is 2.77 bits per heavy atom. The van der Waals surface area contributed by atoms with Gasteiger partial charge in [-0.2, -0.15) is 0 Å². The summed E-state index contributed by atoms with van der Waals surface area (Å²) in [7, 11) is 0. The number of nitrogens with one attached hydrogen (secondary N) is 2. The topological polar surface area (TPSA) is 97.4 Å². The van der Waals surface area contributed by atoms with Gasteiger partial charge in [0.1, 0.15) is 0 Å². The van der Waals surface area contributed by atoms with Gasteiger partial charge in [0, 0.05) is 18.0 Å². The van der Waals surface area contributed by atoms with Crippen molar-refractivity contribution in [3.05, 3.63) is 41.1 Å². The molecule has 0 saturated carbocycles. The minimum atomic E-state index is -0.603. The molecule has 1 heterocycles. The van der Waals surface area contributed by atoms with Crippen LogP contribution < -0.4 is 10.9 Å². The van der Waals surface area contributed by atoms with Crippen molar-refractivity contribution in [2.45, 2.75) is 33.1 Å². The molecular weight excluding hydrogens is 334 g/mol. The number of amides is 2. The molecule has 7 heteroatoms. The van der Waals surface area contributed by atoms with Crippen LogP contribution in [-0.4, -0.2) is 29.4 Å². The number of aromatic nitrogens is 1. The maximum atomic E-state index is 12.8. The van der Waals surface area contributed by atoms with Crippen LogP contribution >= 0.6 is 0 Å². The molecular formula is C19H21N3O4. The number of esters is 1. The molecule has 136 valence electrons. The average molecular weight is 355 g/mol. The molecule has 0 spiro atoms. The predicted octanol–water partition coefficient (Wildman–Crippen LogP) is 1.68. The van der Waals surface area contributed by atoms with Gasteiger partial charge < -0.3 is 4.74 Å². The lowest BCUT2D eigenvalue weighted by molar-refractivity contribution is -0.129. The summed E-state index contributed by atoms with van der Waals surface area (Å²) >= 11 is 0. The lowest BCUT2D eigenvalue weighted by atomic mass is 9.84. The van der Waals surface area contributed by atoms with E-state index in [0.717, 1.165) is 41.4 Å². The molecule has 1 aromatic heterocycles. The van der Waals surface area contributed by atoms with Crippen LogP contribution in [0, 0.1) is 5.92 Å². The second-order valence-electron chi connectivity index (χ2n) is 6.58. The van der Waals surface area contributed by atoms with Gasteiger partial charge in [-0.1, -0.05) is 25.1 Å². The van der Waals surface area contributed by atoms with E-state index in [2.05, 4.69) is 17.8 Å². The van der Waals surface area contributed by atoms with Crippen LogP contribution in [0.15, 0.2) is 24.3 Å². The van der Waals surface area contributed by atoms with Crippen molar-refractivity contribution in [2.75, 3.05) is 6.61 Å². The molecule has 0 unspecified atom stereocenters. The first-order valence-electron chi connectivity index (χ1n) is 8.58. The Balaban J connectivity index is 1.88. The number of nitrogens with zero attached hydrogens (tertiary/aromatic N) is 1. The summed E-state index contributed by atoms with van der Waals surface area (Å²) in [6.07, 6.45) is 2.62. The molecule has 26 heavy (non-hydrogen) atoms. The summed E-state index contributed by atoms with van der Waals surface area (Å²) in [5.41, 5.74) is 7.40. The highest BCUT2D eigenvalue weighted by molar-refractivity contribution is 6.05. The highest BCUT2D eigenvalue weighted by atomic mass is 16.5. The van der Waals surface area contributed by atoms with Gasteiger partial charge in [-0.3, -0.25) is 25.4 Å². The van der Waals surface area contributed by atoms with Crippen LogP contribution in [0.3, 0.4) is 0 Å². The van der Waals surface area contributed by atoms with Gasteiger partial charge in [0.2, 0.25) is 5.91 Å². The van der Waals surface area contributed by atoms with Crippen molar-refractivity contribution in [3.63, 3.8) is 0 Å². The Kier molecular flexibility index (Phi) is 5.16. The molecule has 7 nitrogen and oxygen atoms in total. The van der Waals surface area contributed by atoms with Crippen molar-refractivity contribution < 1.29 is 19.1 Å². The van der Waals surface area contributed by atoms with Crippen LogP contribution in [0.2, 0.25) is 0 Å². The number of hydrazine groups is 1. The highest BCUT2D eigenvalue weighted by Gasteiger charge is 2.26. The Morgan fingerprint density at radius 2 is 2.00 bits per heavy atom. The zero-order chi connectivity index (χ0) is 18.7. The van der Waals surface area contributed by atoms with Gasteiger partial charge in [0.15, 0.2) is 6.61 Å². The zero-order valence-corrected chi connectivity index (χ0v) is 14.8. The minimum absolute atomic E-state index is 0.409. The zero-order valence-electron chi connectivity index (χ0n) is 14.8. The summed E-state index contributed by atoms with van der Waals surface area (Å²) in [6, 6.07) is 7.44. The smallest absolute Gasteiger partial charge is 0.339 e. The third kappa shape index (κ3) is 3.82. The molecule has 0 bridgehead atoms. The fourth-order valence-corrected chi connectivity index (χ4v) is 3.19. The van der Waals surface area contributed by atoms with E-state index in [9.17, 15) is 14.4 Å². The van der Waals surface area contributed by atoms with Crippen LogP contribution in [0.4, 0.5) is 0 Å². The number of carbonyl (C=O) groups is 3. The minimum Gasteiger partial charge on any atom is -0.452 e. The largest absolute Gasteiger partial charge is 0.452 e. The number of hydrogen-bond acceptors (Lipinski definition) is 5. The van der Waals surface area contributed by atoms with E-state index in [-0.39, 0.29) is 0 Å². The number of benzene rings is 1. The average Bonchev–Trinajstić information content (AvgIpc) is 2.62. The first-order valence-corrected chi connectivity index (χ1v) is 8.58. The molecule has 0 aliphatic heterocycles. The maximum absolute atomic E-state index is 12.8. The third-order valence-corrected chi connectivity index (χ3v) is 4.42. The van der Waals surface area contributed by atoms with Gasteiger partial charge in [-0.15, -0.1) is 0 Å². The van der Waals surface area contributed by atoms with Crippen molar-refractivity contribution in [1.82, 2.24) is 15.8 Å². The molecule has 1 aliphatic rings. The summed E-state index contributed by atoms with van der Waals surface area (Å²) in [6.45, 7) is 2.94. The van der Waals surface area contributed by atoms with E-state index in [0.29, 0.717) is 11.5 Å². The number of aryl methyl sites for hydroxylation is 1. The fourth-order valence-electron chi connectivity index (χ4n) is 3.19. The highest BCUT2D eigenvalue weighted by Crippen LogP contribution is 2.31. The number of para-hydroxylation sites is 1. The van der Waals surface area contributed by atoms with Crippen molar-refractivity contribution in [3.8, 4) is 0 Å². The second kappa shape index (κ2) is 7.51. The van der Waals surface area contributed by atoms with Crippen molar-refractivity contribution in [1.29, 1.82) is 0 Å². The monoisotopic (exact) mass is 355 g/mol. The maximum Gasteiger partial charge on any atom is 0.339 e. The molecule has 3 rings (SSSR count). The second-order valence-corrected chi connectivity index (χ2v) is 6.58. The molecule has 0 radical (unpaired) electrons. The van der Waals surface area contributed by atoms with E-state index in [1.807, 2.05) is 24.3 Å². The molecule has 0 fully saturated rings. The molecule has 0 saturated heterocycles. The first-order chi connectivity index (χ1) is 12.5. The number of hydrogen-bond donors (Lipinski definition) is 2. The lowest BCUT2D eigenvalue weighted by Gasteiger charge is -2.24. The van der Waals surface area contributed by atoms with Crippen LogP contribution in [0.5, 0.6) is 0 Å². The molecule has 2 aromatic rings. The Hall–Kier alpha value is -2.96. The Bertz CT molecular complexity index is 878. The summed E-state index contributed by atoms with van der Waals surface area (Å²) in [5, 5.41) is 0.729. The van der Waals surface area contributed by atoms with E-state index >= 15 is 0 Å². The van der Waals surface area contributed by atoms with Gasteiger partial charge >= 0.3 is 5.97 Å². The normalized spacial score (nSPS) is 15.8. The summed E-state index contributed by atoms with van der Waals surface area (Å²) < 4.78 is 5.20. The number of pyridine rings is 1. The van der Waals surface area contributed by atoms with Gasteiger partial charge in [0.25, 0.3) is 5.91 Å². The number of ether oxygens (including phenoxy) is 1. The molecule has 1 aromatic carbocycles. The third-order valence-electron chi connectivity index (χ3n) is 4.42. The summed E-state index contributed by atoms with van der Waals surface area (Å²) in [5.74, 6) is -1.10. The number of carbonyl (C=O) groups excluding carboxylic acids is 3. The van der Waals surface area contributed by atoms with Crippen LogP contribution in [-0.2, 0) is 27.2 Å². The number of rotatable bonds is 3. The van der Waals surface area contributed by atoms with Gasteiger partial charge in [-0.05, 0) is 36.8 Å². The lowest BCUT2D eigenvalue weighted by Crippen LogP contribution is -2.42. The fraction of sp³-hybridized carbons (Fsp3) is 0.368. The quantitative estimate of drug-likeness (QED) is 0.645. The standard InChI is InChI=1S/C19H21N3O4/c1-11-7-8-16-14(9-11)18(13-5-3-4-6-15(13)20-16)19(25)26-10-17(24)22-21-12(2)23/h3-6,11H,7-10H2,1-2H3,(H,21,23)(H,22,24)/t11-/m1/s1. The number of fused-ring (bicyclic) bond motifs is 2. The molecule has 2 amide bonds. The van der Waals surface area contributed by atoms with Crippen molar-refractivity contribution >= 4 is 28.7 Å². The van der Waals surface area contributed by atoms with Crippen LogP contribution in [0.25, 0.3) is 10.9 Å². The van der Waals surface area contributed by atoms with Crippen molar-refractivity contribution in [2.24, 2.45) is 5.92 Å². The van der Waals surface area contributed by atoms with E-state index in [4.69, 9.17) is 9.72 Å². The SMILES string of the molecule is CC(=O)NNC(=O)COC(=O)c1c2c(nc3ccccc13)CC[C@@H](C)C2. The van der Waals surface area contributed by atoms with E-state index in [1.165, 1.54) is 6.92 Å². The van der Waals surface area contributed by atoms with E-state index < -0.39 is 24.4 Å². The molecule has 1 aliphatic carbocycles.